The van der Waals surface area contributed by atoms with Crippen LogP contribution in [-0.2, 0) is 19.4 Å². The van der Waals surface area contributed by atoms with Crippen LogP contribution in [0.3, 0.4) is 0 Å². The van der Waals surface area contributed by atoms with Gasteiger partial charge in [0.1, 0.15) is 5.82 Å². The highest BCUT2D eigenvalue weighted by Crippen LogP contribution is 2.27. The van der Waals surface area contributed by atoms with E-state index >= 15 is 0 Å². The lowest BCUT2D eigenvalue weighted by Crippen LogP contribution is -2.11. The zero-order valence-electron chi connectivity index (χ0n) is 18.8. The van der Waals surface area contributed by atoms with Gasteiger partial charge in [0, 0.05) is 30.8 Å². The van der Waals surface area contributed by atoms with Gasteiger partial charge in [0.2, 0.25) is 0 Å². The van der Waals surface area contributed by atoms with Gasteiger partial charge >= 0.3 is 5.97 Å². The van der Waals surface area contributed by atoms with Crippen molar-refractivity contribution in [3.8, 4) is 11.1 Å². The number of carboxylic acid groups (broad SMARTS) is 1. The van der Waals surface area contributed by atoms with Gasteiger partial charge in [0.15, 0.2) is 5.82 Å². The van der Waals surface area contributed by atoms with Gasteiger partial charge in [-0.25, -0.2) is 14.5 Å². The highest BCUT2D eigenvalue weighted by Gasteiger charge is 2.18. The van der Waals surface area contributed by atoms with E-state index in [1.807, 2.05) is 24.3 Å². The molecule has 6 heteroatoms. The summed E-state index contributed by atoms with van der Waals surface area (Å²) in [5.41, 5.74) is 2.87. The maximum absolute atomic E-state index is 11.5. The minimum Gasteiger partial charge on any atom is -0.478 e. The molecule has 32 heavy (non-hydrogen) atoms. The largest absolute Gasteiger partial charge is 0.478 e. The molecular weight excluding hydrogens is 400 g/mol. The molecule has 1 N–H and O–H groups in total. The molecule has 3 aromatic rings. The number of nitrogens with zero attached hydrogens (tertiary/aromatic N) is 4. The summed E-state index contributed by atoms with van der Waals surface area (Å²) in [6.07, 6.45) is 13.9. The second kappa shape index (κ2) is 10.5. The first-order chi connectivity index (χ1) is 15.6. The Morgan fingerprint density at radius 3 is 2.62 bits per heavy atom. The predicted octanol–water partition coefficient (Wildman–Crippen LogP) is 5.55. The van der Waals surface area contributed by atoms with Crippen LogP contribution < -0.4 is 0 Å². The number of carbonyl (C=O) groups is 1. The molecule has 168 valence electrons. The fourth-order valence-electron chi connectivity index (χ4n) is 4.58. The molecular formula is C26H32N4O2. The van der Waals surface area contributed by atoms with Gasteiger partial charge in [-0.1, -0.05) is 69.7 Å². The van der Waals surface area contributed by atoms with E-state index in [9.17, 15) is 9.90 Å². The summed E-state index contributed by atoms with van der Waals surface area (Å²) in [6, 6.07) is 9.55. The summed E-state index contributed by atoms with van der Waals surface area (Å²) in [7, 11) is 0. The van der Waals surface area contributed by atoms with E-state index in [4.69, 9.17) is 10.1 Å². The van der Waals surface area contributed by atoms with Crippen LogP contribution in [0.2, 0.25) is 0 Å². The average molecular weight is 433 g/mol. The Labute approximate surface area is 189 Å². The average Bonchev–Trinajstić information content (AvgIpc) is 3.19. The Bertz CT molecular complexity index is 1040. The van der Waals surface area contributed by atoms with E-state index in [0.717, 1.165) is 54.4 Å². The minimum atomic E-state index is -0.944. The van der Waals surface area contributed by atoms with Crippen molar-refractivity contribution in [1.82, 2.24) is 19.7 Å². The van der Waals surface area contributed by atoms with Crippen LogP contribution in [0.5, 0.6) is 0 Å². The molecule has 0 radical (unpaired) electrons. The zero-order chi connectivity index (χ0) is 22.3. The number of aromatic carboxylic acids is 1. The standard InChI is InChI=1S/C26H32N4O2/c1-2-3-9-25-28-24(16-19-7-5-4-6-8-19)29-30(25)18-20-10-12-21(13-11-20)23-17-27-15-14-22(23)26(31)32/h10-15,17,19H,2-9,16,18H2,1H3,(H,31,32). The highest BCUT2D eigenvalue weighted by molar-refractivity contribution is 5.95. The quantitative estimate of drug-likeness (QED) is 0.479. The summed E-state index contributed by atoms with van der Waals surface area (Å²) in [6.45, 7) is 2.88. The van der Waals surface area contributed by atoms with E-state index in [-0.39, 0.29) is 5.56 Å². The topological polar surface area (TPSA) is 80.9 Å². The number of hydrogen-bond donors (Lipinski definition) is 1. The fraction of sp³-hybridized carbons (Fsp3) is 0.462. The number of unbranched alkanes of at least 4 members (excludes halogenated alkanes) is 1. The summed E-state index contributed by atoms with van der Waals surface area (Å²) >= 11 is 0. The number of benzene rings is 1. The minimum absolute atomic E-state index is 0.262. The van der Waals surface area contributed by atoms with E-state index in [2.05, 4.69) is 16.6 Å². The predicted molar refractivity (Wildman–Crippen MR) is 125 cm³/mol. The van der Waals surface area contributed by atoms with Gasteiger partial charge in [-0.3, -0.25) is 4.98 Å². The van der Waals surface area contributed by atoms with Crippen molar-refractivity contribution >= 4 is 5.97 Å². The smallest absolute Gasteiger partial charge is 0.336 e. The van der Waals surface area contributed by atoms with Crippen LogP contribution in [0, 0.1) is 5.92 Å². The van der Waals surface area contributed by atoms with Gasteiger partial charge in [0.05, 0.1) is 12.1 Å². The van der Waals surface area contributed by atoms with E-state index in [0.29, 0.717) is 12.1 Å². The molecule has 0 amide bonds. The number of aromatic nitrogens is 4. The lowest BCUT2D eigenvalue weighted by atomic mass is 9.87. The third kappa shape index (κ3) is 5.42. The molecule has 0 saturated heterocycles. The summed E-state index contributed by atoms with van der Waals surface area (Å²) in [5.74, 6) is 1.84. The fourth-order valence-corrected chi connectivity index (χ4v) is 4.58. The number of rotatable bonds is 9. The van der Waals surface area contributed by atoms with Crippen LogP contribution in [-0.4, -0.2) is 30.8 Å². The lowest BCUT2D eigenvalue weighted by molar-refractivity contribution is 0.0697. The number of pyridine rings is 1. The number of aryl methyl sites for hydroxylation is 1. The van der Waals surface area contributed by atoms with Gasteiger partial charge in [-0.15, -0.1) is 0 Å². The number of hydrogen-bond acceptors (Lipinski definition) is 4. The Balaban J connectivity index is 1.52. The van der Waals surface area contributed by atoms with Gasteiger partial charge < -0.3 is 5.11 Å². The van der Waals surface area contributed by atoms with Crippen LogP contribution in [0.1, 0.15) is 79.4 Å². The molecule has 1 saturated carbocycles. The Kier molecular flexibility index (Phi) is 7.30. The maximum Gasteiger partial charge on any atom is 0.336 e. The SMILES string of the molecule is CCCCc1nc(CC2CCCCC2)nn1Cc1ccc(-c2cnccc2C(=O)O)cc1. The lowest BCUT2D eigenvalue weighted by Gasteiger charge is -2.19. The van der Waals surface area contributed by atoms with E-state index in [1.165, 1.54) is 44.4 Å². The van der Waals surface area contributed by atoms with Crippen molar-refractivity contribution < 1.29 is 9.90 Å². The van der Waals surface area contributed by atoms with Crippen molar-refractivity contribution in [3.05, 3.63) is 65.5 Å². The first-order valence-corrected chi connectivity index (χ1v) is 11.8. The molecule has 4 rings (SSSR count). The first kappa shape index (κ1) is 22.2. The van der Waals surface area contributed by atoms with Gasteiger partial charge in [-0.05, 0) is 29.5 Å². The normalized spacial score (nSPS) is 14.5. The highest BCUT2D eigenvalue weighted by atomic mass is 16.4. The molecule has 2 heterocycles. The van der Waals surface area contributed by atoms with Crippen molar-refractivity contribution in [3.63, 3.8) is 0 Å². The van der Waals surface area contributed by atoms with Gasteiger partial charge in [-0.2, -0.15) is 5.10 Å². The molecule has 0 bridgehead atoms. The summed E-state index contributed by atoms with van der Waals surface area (Å²) < 4.78 is 2.07. The molecule has 2 aromatic heterocycles. The van der Waals surface area contributed by atoms with Crippen molar-refractivity contribution in [2.75, 3.05) is 0 Å². The molecule has 0 unspecified atom stereocenters. The molecule has 1 fully saturated rings. The second-order valence-electron chi connectivity index (χ2n) is 8.84. The van der Waals surface area contributed by atoms with Crippen LogP contribution >= 0.6 is 0 Å². The van der Waals surface area contributed by atoms with Crippen molar-refractivity contribution in [2.45, 2.75) is 71.3 Å². The molecule has 1 aromatic carbocycles. The van der Waals surface area contributed by atoms with Crippen LogP contribution in [0.4, 0.5) is 0 Å². The first-order valence-electron chi connectivity index (χ1n) is 11.8. The molecule has 1 aliphatic rings. The molecule has 0 atom stereocenters. The monoisotopic (exact) mass is 432 g/mol. The second-order valence-corrected chi connectivity index (χ2v) is 8.84. The van der Waals surface area contributed by atoms with Crippen molar-refractivity contribution in [1.29, 1.82) is 0 Å². The maximum atomic E-state index is 11.5. The number of carboxylic acids is 1. The third-order valence-electron chi connectivity index (χ3n) is 6.39. The molecule has 6 nitrogen and oxygen atoms in total. The molecule has 1 aliphatic carbocycles. The van der Waals surface area contributed by atoms with Crippen molar-refractivity contribution in [2.24, 2.45) is 5.92 Å². The summed E-state index contributed by atoms with van der Waals surface area (Å²) in [5, 5.41) is 14.3. The zero-order valence-corrected chi connectivity index (χ0v) is 18.8. The van der Waals surface area contributed by atoms with E-state index < -0.39 is 5.97 Å². The van der Waals surface area contributed by atoms with Crippen LogP contribution in [0.25, 0.3) is 11.1 Å². The Morgan fingerprint density at radius 2 is 1.91 bits per heavy atom. The Morgan fingerprint density at radius 1 is 1.12 bits per heavy atom. The van der Waals surface area contributed by atoms with Crippen LogP contribution in [0.15, 0.2) is 42.7 Å². The van der Waals surface area contributed by atoms with Gasteiger partial charge in [0.25, 0.3) is 0 Å². The Hall–Kier alpha value is -3.02. The summed E-state index contributed by atoms with van der Waals surface area (Å²) in [4.78, 5) is 20.5. The third-order valence-corrected chi connectivity index (χ3v) is 6.39. The van der Waals surface area contributed by atoms with E-state index in [1.54, 1.807) is 6.20 Å². The molecule has 0 aliphatic heterocycles. The molecule has 0 spiro atoms.